The lowest BCUT2D eigenvalue weighted by Crippen LogP contribution is -1.93. The van der Waals surface area contributed by atoms with Crippen molar-refractivity contribution in [3.05, 3.63) is 62.9 Å². The molecule has 1 N–H and O–H groups in total. The van der Waals surface area contributed by atoms with Gasteiger partial charge in [-0.25, -0.2) is 4.39 Å². The van der Waals surface area contributed by atoms with Crippen molar-refractivity contribution in [1.82, 2.24) is 0 Å². The molecule has 104 valence electrons. The number of nitro groups is 1. The summed E-state index contributed by atoms with van der Waals surface area (Å²) in [6, 6.07) is 7.36. The summed E-state index contributed by atoms with van der Waals surface area (Å²) in [5, 5.41) is 19.8. The van der Waals surface area contributed by atoms with Gasteiger partial charge in [-0.3, -0.25) is 10.1 Å². The zero-order valence-electron chi connectivity index (χ0n) is 10.0. The van der Waals surface area contributed by atoms with E-state index in [1.54, 1.807) is 0 Å². The first kappa shape index (κ1) is 14.2. The highest BCUT2D eigenvalue weighted by molar-refractivity contribution is 6.32. The van der Waals surface area contributed by atoms with Crippen LogP contribution in [0.2, 0.25) is 5.02 Å². The molecule has 0 fully saturated rings. The van der Waals surface area contributed by atoms with Crippen molar-refractivity contribution in [3.8, 4) is 11.5 Å². The van der Waals surface area contributed by atoms with Gasteiger partial charge in [-0.1, -0.05) is 11.6 Å². The molecule has 2 aromatic carbocycles. The molecule has 0 aliphatic carbocycles. The predicted molar refractivity (Wildman–Crippen MR) is 70.5 cm³/mol. The summed E-state index contributed by atoms with van der Waals surface area (Å²) in [5.41, 5.74) is 0.129. The van der Waals surface area contributed by atoms with Crippen LogP contribution in [-0.4, -0.2) is 10.0 Å². The van der Waals surface area contributed by atoms with Gasteiger partial charge in [0.2, 0.25) is 0 Å². The SMILES string of the molecule is O=[N+]([O-])c1ccc(Cl)c(Oc2cc(F)cc(CO)c2)c1. The van der Waals surface area contributed by atoms with Crippen LogP contribution in [0.15, 0.2) is 36.4 Å². The molecule has 2 aromatic rings. The summed E-state index contributed by atoms with van der Waals surface area (Å²) >= 11 is 5.87. The molecule has 7 heteroatoms. The van der Waals surface area contributed by atoms with Crippen LogP contribution in [0.4, 0.5) is 10.1 Å². The van der Waals surface area contributed by atoms with Gasteiger partial charge in [-0.15, -0.1) is 0 Å². The zero-order chi connectivity index (χ0) is 14.7. The van der Waals surface area contributed by atoms with E-state index in [0.717, 1.165) is 18.2 Å². The number of ether oxygens (including phenoxy) is 1. The van der Waals surface area contributed by atoms with Gasteiger partial charge in [0.1, 0.15) is 11.6 Å². The molecule has 5 nitrogen and oxygen atoms in total. The van der Waals surface area contributed by atoms with E-state index >= 15 is 0 Å². The van der Waals surface area contributed by atoms with Crippen LogP contribution in [0.1, 0.15) is 5.56 Å². The molecular formula is C13H9ClFNO4. The van der Waals surface area contributed by atoms with Gasteiger partial charge >= 0.3 is 0 Å². The van der Waals surface area contributed by atoms with Crippen LogP contribution in [-0.2, 0) is 6.61 Å². The monoisotopic (exact) mass is 297 g/mol. The van der Waals surface area contributed by atoms with Crippen molar-refractivity contribution in [2.45, 2.75) is 6.61 Å². The van der Waals surface area contributed by atoms with Gasteiger partial charge in [0.25, 0.3) is 5.69 Å². The van der Waals surface area contributed by atoms with Crippen LogP contribution in [0.25, 0.3) is 0 Å². The van der Waals surface area contributed by atoms with E-state index in [4.69, 9.17) is 21.4 Å². The van der Waals surface area contributed by atoms with Gasteiger partial charge < -0.3 is 9.84 Å². The Bertz CT molecular complexity index is 663. The molecule has 0 heterocycles. The molecule has 20 heavy (non-hydrogen) atoms. The minimum atomic E-state index is -0.590. The molecule has 2 rings (SSSR count). The van der Waals surface area contributed by atoms with E-state index in [-0.39, 0.29) is 28.8 Å². The average molecular weight is 298 g/mol. The van der Waals surface area contributed by atoms with Crippen molar-refractivity contribution in [3.63, 3.8) is 0 Å². The van der Waals surface area contributed by atoms with E-state index in [2.05, 4.69) is 0 Å². The number of halogens is 2. The van der Waals surface area contributed by atoms with Gasteiger partial charge in [-0.2, -0.15) is 0 Å². The third kappa shape index (κ3) is 3.23. The number of benzene rings is 2. The highest BCUT2D eigenvalue weighted by atomic mass is 35.5. The van der Waals surface area contributed by atoms with Crippen molar-refractivity contribution in [2.75, 3.05) is 0 Å². The quantitative estimate of drug-likeness (QED) is 0.690. The number of aliphatic hydroxyl groups is 1. The fourth-order valence-corrected chi connectivity index (χ4v) is 1.74. The summed E-state index contributed by atoms with van der Waals surface area (Å²) in [6.07, 6.45) is 0. The first-order valence-electron chi connectivity index (χ1n) is 5.51. The summed E-state index contributed by atoms with van der Waals surface area (Å²) in [4.78, 5) is 10.1. The van der Waals surface area contributed by atoms with Gasteiger partial charge in [0.15, 0.2) is 5.75 Å². The Labute approximate surface area is 118 Å². The van der Waals surface area contributed by atoms with Crippen LogP contribution in [0.5, 0.6) is 11.5 Å². The fraction of sp³-hybridized carbons (Fsp3) is 0.0769. The number of rotatable bonds is 4. The Balaban J connectivity index is 2.36. The van der Waals surface area contributed by atoms with Gasteiger partial charge in [0.05, 0.1) is 22.6 Å². The van der Waals surface area contributed by atoms with E-state index in [1.807, 2.05) is 0 Å². The Morgan fingerprint density at radius 1 is 1.30 bits per heavy atom. The van der Waals surface area contributed by atoms with E-state index in [9.17, 15) is 14.5 Å². The first-order valence-corrected chi connectivity index (χ1v) is 5.89. The lowest BCUT2D eigenvalue weighted by atomic mass is 10.2. The number of nitro benzene ring substituents is 1. The maximum atomic E-state index is 13.3. The van der Waals surface area contributed by atoms with Crippen molar-refractivity contribution in [1.29, 1.82) is 0 Å². The predicted octanol–water partition coefficient (Wildman–Crippen LogP) is 3.67. The Hall–Kier alpha value is -2.18. The second kappa shape index (κ2) is 5.85. The molecule has 0 unspecified atom stereocenters. The minimum absolute atomic E-state index is 0.0374. The van der Waals surface area contributed by atoms with Crippen molar-refractivity contribution in [2.24, 2.45) is 0 Å². The molecule has 0 atom stereocenters. The maximum Gasteiger partial charge on any atom is 0.273 e. The number of nitrogens with zero attached hydrogens (tertiary/aromatic N) is 1. The molecule has 0 saturated carbocycles. The molecule has 0 radical (unpaired) electrons. The molecule has 0 saturated heterocycles. The third-order valence-corrected chi connectivity index (χ3v) is 2.78. The highest BCUT2D eigenvalue weighted by Crippen LogP contribution is 2.33. The Kier molecular flexibility index (Phi) is 4.16. The highest BCUT2D eigenvalue weighted by Gasteiger charge is 2.12. The Morgan fingerprint density at radius 2 is 2.05 bits per heavy atom. The average Bonchev–Trinajstić information content (AvgIpc) is 2.40. The fourth-order valence-electron chi connectivity index (χ4n) is 1.58. The number of hydrogen-bond acceptors (Lipinski definition) is 4. The van der Waals surface area contributed by atoms with Crippen LogP contribution >= 0.6 is 11.6 Å². The van der Waals surface area contributed by atoms with Crippen molar-refractivity contribution >= 4 is 17.3 Å². The zero-order valence-corrected chi connectivity index (χ0v) is 10.8. The largest absolute Gasteiger partial charge is 0.455 e. The second-order valence-electron chi connectivity index (χ2n) is 3.93. The van der Waals surface area contributed by atoms with Crippen LogP contribution < -0.4 is 4.74 Å². The molecule has 0 spiro atoms. The lowest BCUT2D eigenvalue weighted by molar-refractivity contribution is -0.384. The first-order chi connectivity index (χ1) is 9.49. The summed E-state index contributed by atoms with van der Waals surface area (Å²) < 4.78 is 18.6. The molecule has 0 aliphatic rings. The van der Waals surface area contributed by atoms with Gasteiger partial charge in [0, 0.05) is 12.1 Å². The molecule has 0 aliphatic heterocycles. The van der Waals surface area contributed by atoms with Gasteiger partial charge in [-0.05, 0) is 23.8 Å². The summed E-state index contributed by atoms with van der Waals surface area (Å²) in [5.74, 6) is -0.458. The number of non-ortho nitro benzene ring substituents is 1. The van der Waals surface area contributed by atoms with Crippen molar-refractivity contribution < 1.29 is 19.2 Å². The van der Waals surface area contributed by atoms with E-state index < -0.39 is 10.7 Å². The number of hydrogen-bond donors (Lipinski definition) is 1. The smallest absolute Gasteiger partial charge is 0.273 e. The minimum Gasteiger partial charge on any atom is -0.455 e. The normalized spacial score (nSPS) is 10.3. The summed E-state index contributed by atoms with van der Waals surface area (Å²) in [6.45, 7) is -0.350. The third-order valence-electron chi connectivity index (χ3n) is 2.47. The van der Waals surface area contributed by atoms with Crippen LogP contribution in [0.3, 0.4) is 0 Å². The Morgan fingerprint density at radius 3 is 2.70 bits per heavy atom. The lowest BCUT2D eigenvalue weighted by Gasteiger charge is -2.08. The van der Waals surface area contributed by atoms with E-state index in [0.29, 0.717) is 5.56 Å². The molecule has 0 bridgehead atoms. The standard InChI is InChI=1S/C13H9ClFNO4/c14-12-2-1-10(16(18)19)6-13(12)20-11-4-8(7-17)3-9(15)5-11/h1-6,17H,7H2. The second-order valence-corrected chi connectivity index (χ2v) is 4.33. The molecular weight excluding hydrogens is 289 g/mol. The summed E-state index contributed by atoms with van der Waals surface area (Å²) in [7, 11) is 0. The van der Waals surface area contributed by atoms with Crippen LogP contribution in [0, 0.1) is 15.9 Å². The topological polar surface area (TPSA) is 72.6 Å². The molecule has 0 aromatic heterocycles. The molecule has 0 amide bonds. The number of aliphatic hydroxyl groups excluding tert-OH is 1. The van der Waals surface area contributed by atoms with E-state index in [1.165, 1.54) is 18.2 Å². The maximum absolute atomic E-state index is 13.3.